The molecule has 3 aromatic carbocycles. The van der Waals surface area contributed by atoms with Crippen LogP contribution in [0.3, 0.4) is 0 Å². The highest BCUT2D eigenvalue weighted by molar-refractivity contribution is 5.81. The van der Waals surface area contributed by atoms with E-state index in [0.29, 0.717) is 13.0 Å². The van der Waals surface area contributed by atoms with Crippen LogP contribution in [0.1, 0.15) is 47.7 Å². The Morgan fingerprint density at radius 2 is 1.67 bits per heavy atom. The largest absolute Gasteiger partial charge is 0.494 e. The highest BCUT2D eigenvalue weighted by Crippen LogP contribution is 2.31. The molecule has 5 heteroatoms. The molecule has 4 aromatic rings. The maximum atomic E-state index is 12.9. The Balaban J connectivity index is 1.23. The van der Waals surface area contributed by atoms with E-state index in [0.717, 1.165) is 61.5 Å². The second kappa shape index (κ2) is 11.0. The third-order valence-corrected chi connectivity index (χ3v) is 7.02. The van der Waals surface area contributed by atoms with Crippen molar-refractivity contribution in [3.05, 3.63) is 95.3 Å². The SMILES string of the molecule is Cc1cc(C)cc(OCCCCn2c(C3CC(=O)N(CCc4ccccc4)C3)nc3ccccc32)c1. The summed E-state index contributed by atoms with van der Waals surface area (Å²) in [6.45, 7) is 7.27. The average molecular weight is 482 g/mol. The van der Waals surface area contributed by atoms with Gasteiger partial charge in [0.2, 0.25) is 5.91 Å². The van der Waals surface area contributed by atoms with Gasteiger partial charge in [-0.25, -0.2) is 4.98 Å². The third-order valence-electron chi connectivity index (χ3n) is 7.02. The van der Waals surface area contributed by atoms with Crippen molar-refractivity contribution in [1.82, 2.24) is 14.5 Å². The molecule has 5 rings (SSSR count). The number of carbonyl (C=O) groups excluding carboxylic acids is 1. The monoisotopic (exact) mass is 481 g/mol. The highest BCUT2D eigenvalue weighted by Gasteiger charge is 2.33. The molecule has 5 nitrogen and oxygen atoms in total. The van der Waals surface area contributed by atoms with Gasteiger partial charge in [-0.3, -0.25) is 4.79 Å². The minimum absolute atomic E-state index is 0.132. The molecular weight excluding hydrogens is 446 g/mol. The van der Waals surface area contributed by atoms with E-state index in [-0.39, 0.29) is 11.8 Å². The number of aryl methyl sites for hydroxylation is 3. The lowest BCUT2D eigenvalue weighted by Gasteiger charge is -2.17. The number of rotatable bonds is 10. The van der Waals surface area contributed by atoms with Gasteiger partial charge in [0, 0.05) is 32.0 Å². The molecule has 1 atom stereocenters. The van der Waals surface area contributed by atoms with Crippen LogP contribution in [0.4, 0.5) is 0 Å². The standard InChI is InChI=1S/C31H35N3O2/c1-23-18-24(2)20-27(19-23)36-17-9-8-15-34-29-13-7-6-12-28(29)32-31(34)26-21-30(35)33(22-26)16-14-25-10-4-3-5-11-25/h3-7,10-13,18-20,26H,8-9,14-17,21-22H2,1-2H3. The molecule has 1 fully saturated rings. The minimum atomic E-state index is 0.132. The number of aromatic nitrogens is 2. The zero-order valence-corrected chi connectivity index (χ0v) is 21.3. The van der Waals surface area contributed by atoms with E-state index in [1.165, 1.54) is 16.7 Å². The van der Waals surface area contributed by atoms with Crippen LogP contribution in [0.25, 0.3) is 11.0 Å². The van der Waals surface area contributed by atoms with Crippen molar-refractivity contribution < 1.29 is 9.53 Å². The number of hydrogen-bond acceptors (Lipinski definition) is 3. The lowest BCUT2D eigenvalue weighted by molar-refractivity contribution is -0.127. The zero-order valence-electron chi connectivity index (χ0n) is 21.3. The number of likely N-dealkylation sites (tertiary alicyclic amines) is 1. The van der Waals surface area contributed by atoms with E-state index in [1.807, 2.05) is 17.0 Å². The van der Waals surface area contributed by atoms with Crippen LogP contribution in [-0.4, -0.2) is 40.1 Å². The number of amides is 1. The zero-order chi connectivity index (χ0) is 24.9. The maximum absolute atomic E-state index is 12.9. The first-order valence-corrected chi connectivity index (χ1v) is 13.0. The molecule has 0 aliphatic carbocycles. The molecule has 1 aliphatic rings. The van der Waals surface area contributed by atoms with Crippen molar-refractivity contribution in [1.29, 1.82) is 0 Å². The second-order valence-corrected chi connectivity index (χ2v) is 9.97. The Kier molecular flexibility index (Phi) is 7.36. The van der Waals surface area contributed by atoms with Gasteiger partial charge in [-0.1, -0.05) is 48.5 Å². The number of imidazole rings is 1. The topological polar surface area (TPSA) is 47.4 Å². The van der Waals surface area contributed by atoms with Crippen LogP contribution in [0, 0.1) is 13.8 Å². The van der Waals surface area contributed by atoms with E-state index in [1.54, 1.807) is 0 Å². The van der Waals surface area contributed by atoms with Crippen molar-refractivity contribution in [2.45, 2.75) is 52.0 Å². The summed E-state index contributed by atoms with van der Waals surface area (Å²) in [6.07, 6.45) is 3.38. The van der Waals surface area contributed by atoms with Gasteiger partial charge in [-0.2, -0.15) is 0 Å². The summed E-state index contributed by atoms with van der Waals surface area (Å²) < 4.78 is 8.36. The molecule has 0 radical (unpaired) electrons. The molecule has 1 aromatic heterocycles. The Morgan fingerprint density at radius 3 is 2.47 bits per heavy atom. The van der Waals surface area contributed by atoms with Gasteiger partial charge >= 0.3 is 0 Å². The summed E-state index contributed by atoms with van der Waals surface area (Å²) in [5.41, 5.74) is 5.88. The Labute approximate surface area is 213 Å². The number of benzene rings is 3. The number of fused-ring (bicyclic) bond motifs is 1. The Hall–Kier alpha value is -3.60. The maximum Gasteiger partial charge on any atom is 0.223 e. The summed E-state index contributed by atoms with van der Waals surface area (Å²) in [7, 11) is 0. The van der Waals surface area contributed by atoms with E-state index >= 15 is 0 Å². The molecule has 0 spiro atoms. The Morgan fingerprint density at radius 1 is 0.917 bits per heavy atom. The van der Waals surface area contributed by atoms with Gasteiger partial charge in [0.25, 0.3) is 0 Å². The first-order chi connectivity index (χ1) is 17.6. The molecule has 0 saturated carbocycles. The van der Waals surface area contributed by atoms with Gasteiger partial charge in [-0.15, -0.1) is 0 Å². The van der Waals surface area contributed by atoms with Crippen molar-refractivity contribution >= 4 is 16.9 Å². The normalized spacial score (nSPS) is 15.7. The van der Waals surface area contributed by atoms with Gasteiger partial charge in [0.15, 0.2) is 0 Å². The molecule has 36 heavy (non-hydrogen) atoms. The number of hydrogen-bond donors (Lipinski definition) is 0. The smallest absolute Gasteiger partial charge is 0.223 e. The van der Waals surface area contributed by atoms with E-state index in [9.17, 15) is 4.79 Å². The summed E-state index contributed by atoms with van der Waals surface area (Å²) in [6, 6.07) is 25.1. The van der Waals surface area contributed by atoms with Crippen molar-refractivity contribution in [3.63, 3.8) is 0 Å². The first kappa shape index (κ1) is 24.1. The average Bonchev–Trinajstić information content (AvgIpc) is 3.42. The quantitative estimate of drug-likeness (QED) is 0.258. The van der Waals surface area contributed by atoms with Gasteiger partial charge in [-0.05, 0) is 74.1 Å². The van der Waals surface area contributed by atoms with E-state index in [4.69, 9.17) is 9.72 Å². The first-order valence-electron chi connectivity index (χ1n) is 13.0. The molecule has 1 saturated heterocycles. The second-order valence-electron chi connectivity index (χ2n) is 9.97. The lowest BCUT2D eigenvalue weighted by atomic mass is 10.1. The number of nitrogens with zero attached hydrogens (tertiary/aromatic N) is 3. The van der Waals surface area contributed by atoms with Crippen molar-refractivity contribution in [2.24, 2.45) is 0 Å². The molecule has 2 heterocycles. The number of carbonyl (C=O) groups is 1. The molecule has 1 aliphatic heterocycles. The predicted molar refractivity (Wildman–Crippen MR) is 144 cm³/mol. The molecule has 0 bridgehead atoms. The van der Waals surface area contributed by atoms with Crippen molar-refractivity contribution in [3.8, 4) is 5.75 Å². The third kappa shape index (κ3) is 5.62. The minimum Gasteiger partial charge on any atom is -0.494 e. The van der Waals surface area contributed by atoms with E-state index < -0.39 is 0 Å². The summed E-state index contributed by atoms with van der Waals surface area (Å²) in [5, 5.41) is 0. The van der Waals surface area contributed by atoms with Crippen LogP contribution in [0.5, 0.6) is 5.75 Å². The number of para-hydroxylation sites is 2. The summed E-state index contributed by atoms with van der Waals surface area (Å²) >= 11 is 0. The molecule has 1 unspecified atom stereocenters. The van der Waals surface area contributed by atoms with Gasteiger partial charge < -0.3 is 14.2 Å². The Bertz CT molecular complexity index is 1310. The summed E-state index contributed by atoms with van der Waals surface area (Å²) in [5.74, 6) is 2.35. The fraction of sp³-hybridized carbons (Fsp3) is 0.355. The predicted octanol–water partition coefficient (Wildman–Crippen LogP) is 6.07. The molecule has 186 valence electrons. The van der Waals surface area contributed by atoms with Crippen LogP contribution in [0.15, 0.2) is 72.8 Å². The van der Waals surface area contributed by atoms with E-state index in [2.05, 4.69) is 79.1 Å². The van der Waals surface area contributed by atoms with Crippen LogP contribution >= 0.6 is 0 Å². The number of unbranched alkanes of at least 4 members (excludes halogenated alkanes) is 1. The van der Waals surface area contributed by atoms with Crippen LogP contribution < -0.4 is 4.74 Å². The van der Waals surface area contributed by atoms with Crippen molar-refractivity contribution in [2.75, 3.05) is 19.7 Å². The van der Waals surface area contributed by atoms with Gasteiger partial charge in [0.1, 0.15) is 11.6 Å². The number of ether oxygens (including phenoxy) is 1. The molecule has 1 amide bonds. The molecular formula is C31H35N3O2. The highest BCUT2D eigenvalue weighted by atomic mass is 16.5. The molecule has 0 N–H and O–H groups in total. The van der Waals surface area contributed by atoms with Gasteiger partial charge in [0.05, 0.1) is 17.6 Å². The fourth-order valence-electron chi connectivity index (χ4n) is 5.29. The fourth-order valence-corrected chi connectivity index (χ4v) is 5.29. The summed E-state index contributed by atoms with van der Waals surface area (Å²) in [4.78, 5) is 19.9. The van der Waals surface area contributed by atoms with Crippen LogP contribution in [-0.2, 0) is 17.8 Å². The van der Waals surface area contributed by atoms with Crippen LogP contribution in [0.2, 0.25) is 0 Å². The lowest BCUT2D eigenvalue weighted by Crippen LogP contribution is -2.27.